The predicted octanol–water partition coefficient (Wildman–Crippen LogP) is 0.979. The molecule has 0 spiro atoms. The molecular formula is C13H22N4O2. The topological polar surface area (TPSA) is 94.0 Å². The van der Waals surface area contributed by atoms with Crippen LogP contribution in [0.15, 0.2) is 4.52 Å². The van der Waals surface area contributed by atoms with Gasteiger partial charge in [-0.15, -0.1) is 0 Å². The third kappa shape index (κ3) is 4.31. The van der Waals surface area contributed by atoms with E-state index in [1.807, 2.05) is 13.8 Å². The lowest BCUT2D eigenvalue weighted by Gasteiger charge is -2.10. The lowest BCUT2D eigenvalue weighted by Crippen LogP contribution is -2.38. The SMILES string of the molecule is CC(C)c1noc(CCC(=O)NCC(N)C2CC2)n1. The Bertz CT molecular complexity index is 426. The molecular weight excluding hydrogens is 244 g/mol. The van der Waals surface area contributed by atoms with Crippen LogP contribution in [0.1, 0.15) is 50.7 Å². The molecule has 0 aromatic carbocycles. The highest BCUT2D eigenvalue weighted by molar-refractivity contribution is 5.76. The van der Waals surface area contributed by atoms with E-state index in [0.29, 0.717) is 37.0 Å². The smallest absolute Gasteiger partial charge is 0.227 e. The Morgan fingerprint density at radius 2 is 2.26 bits per heavy atom. The second kappa shape index (κ2) is 6.14. The lowest BCUT2D eigenvalue weighted by atomic mass is 10.2. The third-order valence-corrected chi connectivity index (χ3v) is 3.33. The standard InChI is InChI=1S/C13H22N4O2/c1-8(2)13-16-12(19-17-13)6-5-11(18)15-7-10(14)9-3-4-9/h8-10H,3-7,14H2,1-2H3,(H,15,18). The average molecular weight is 266 g/mol. The number of rotatable bonds is 7. The molecule has 0 aliphatic heterocycles. The number of nitrogens with one attached hydrogen (secondary N) is 1. The molecule has 1 aromatic heterocycles. The number of hydrogen-bond donors (Lipinski definition) is 2. The molecule has 0 bridgehead atoms. The number of carbonyl (C=O) groups excluding carboxylic acids is 1. The first-order valence-electron chi connectivity index (χ1n) is 6.91. The van der Waals surface area contributed by atoms with Crippen LogP contribution in [0.3, 0.4) is 0 Å². The first-order valence-corrected chi connectivity index (χ1v) is 6.91. The van der Waals surface area contributed by atoms with E-state index in [-0.39, 0.29) is 17.9 Å². The highest BCUT2D eigenvalue weighted by atomic mass is 16.5. The van der Waals surface area contributed by atoms with E-state index in [2.05, 4.69) is 15.5 Å². The molecule has 106 valence electrons. The van der Waals surface area contributed by atoms with Crippen LogP contribution in [0, 0.1) is 5.92 Å². The van der Waals surface area contributed by atoms with Gasteiger partial charge in [-0.2, -0.15) is 4.98 Å². The van der Waals surface area contributed by atoms with Crippen molar-refractivity contribution in [2.24, 2.45) is 11.7 Å². The highest BCUT2D eigenvalue weighted by Crippen LogP contribution is 2.31. The molecule has 0 saturated heterocycles. The van der Waals surface area contributed by atoms with Crippen molar-refractivity contribution in [1.82, 2.24) is 15.5 Å². The van der Waals surface area contributed by atoms with Crippen molar-refractivity contribution in [2.45, 2.75) is 51.5 Å². The van der Waals surface area contributed by atoms with Crippen LogP contribution in [0.25, 0.3) is 0 Å². The molecule has 1 heterocycles. The van der Waals surface area contributed by atoms with Gasteiger partial charge in [0.25, 0.3) is 0 Å². The molecule has 1 aliphatic carbocycles. The molecule has 1 fully saturated rings. The second-order valence-corrected chi connectivity index (χ2v) is 5.51. The van der Waals surface area contributed by atoms with Gasteiger partial charge in [-0.25, -0.2) is 0 Å². The summed E-state index contributed by atoms with van der Waals surface area (Å²) in [6.07, 6.45) is 3.22. The van der Waals surface area contributed by atoms with Crippen LogP contribution < -0.4 is 11.1 Å². The van der Waals surface area contributed by atoms with Gasteiger partial charge in [0, 0.05) is 31.3 Å². The van der Waals surface area contributed by atoms with E-state index in [1.54, 1.807) is 0 Å². The quantitative estimate of drug-likeness (QED) is 0.767. The number of aryl methyl sites for hydroxylation is 1. The molecule has 19 heavy (non-hydrogen) atoms. The van der Waals surface area contributed by atoms with Gasteiger partial charge in [-0.1, -0.05) is 19.0 Å². The molecule has 1 amide bonds. The molecule has 0 radical (unpaired) electrons. The fraction of sp³-hybridized carbons (Fsp3) is 0.769. The Morgan fingerprint density at radius 1 is 1.53 bits per heavy atom. The van der Waals surface area contributed by atoms with Crippen molar-refractivity contribution < 1.29 is 9.32 Å². The van der Waals surface area contributed by atoms with Crippen LogP contribution in [0.2, 0.25) is 0 Å². The second-order valence-electron chi connectivity index (χ2n) is 5.51. The average Bonchev–Trinajstić information content (AvgIpc) is 3.12. The molecule has 6 heteroatoms. The van der Waals surface area contributed by atoms with Crippen molar-refractivity contribution in [1.29, 1.82) is 0 Å². The number of nitrogens with zero attached hydrogens (tertiary/aromatic N) is 2. The van der Waals surface area contributed by atoms with Gasteiger partial charge < -0.3 is 15.6 Å². The van der Waals surface area contributed by atoms with Gasteiger partial charge in [0.2, 0.25) is 11.8 Å². The normalized spacial score (nSPS) is 16.6. The Labute approximate surface area is 113 Å². The molecule has 1 atom stereocenters. The van der Waals surface area contributed by atoms with E-state index in [1.165, 1.54) is 12.8 Å². The van der Waals surface area contributed by atoms with Crippen LogP contribution >= 0.6 is 0 Å². The minimum absolute atomic E-state index is 0.0135. The van der Waals surface area contributed by atoms with Gasteiger partial charge >= 0.3 is 0 Å². The highest BCUT2D eigenvalue weighted by Gasteiger charge is 2.28. The van der Waals surface area contributed by atoms with Gasteiger partial charge in [0.15, 0.2) is 5.82 Å². The van der Waals surface area contributed by atoms with E-state index in [0.717, 1.165) is 0 Å². The summed E-state index contributed by atoms with van der Waals surface area (Å²) in [5.74, 6) is 2.03. The minimum Gasteiger partial charge on any atom is -0.355 e. The number of nitrogens with two attached hydrogens (primary N) is 1. The molecule has 1 saturated carbocycles. The monoisotopic (exact) mass is 266 g/mol. The van der Waals surface area contributed by atoms with E-state index in [4.69, 9.17) is 10.3 Å². The van der Waals surface area contributed by atoms with Gasteiger partial charge in [-0.3, -0.25) is 4.79 Å². The number of hydrogen-bond acceptors (Lipinski definition) is 5. The maximum atomic E-state index is 11.6. The molecule has 1 aliphatic rings. The van der Waals surface area contributed by atoms with Crippen LogP contribution in [0.4, 0.5) is 0 Å². The summed E-state index contributed by atoms with van der Waals surface area (Å²) in [5.41, 5.74) is 5.92. The fourth-order valence-electron chi connectivity index (χ4n) is 1.84. The zero-order valence-corrected chi connectivity index (χ0v) is 11.6. The third-order valence-electron chi connectivity index (χ3n) is 3.33. The van der Waals surface area contributed by atoms with Crippen molar-refractivity contribution >= 4 is 5.91 Å². The molecule has 1 unspecified atom stereocenters. The Morgan fingerprint density at radius 3 is 2.84 bits per heavy atom. The summed E-state index contributed by atoms with van der Waals surface area (Å²) in [5, 5.41) is 6.71. The van der Waals surface area contributed by atoms with E-state index < -0.39 is 0 Å². The summed E-state index contributed by atoms with van der Waals surface area (Å²) in [7, 11) is 0. The minimum atomic E-state index is -0.0135. The Kier molecular flexibility index (Phi) is 4.52. The maximum Gasteiger partial charge on any atom is 0.227 e. The number of aromatic nitrogens is 2. The zero-order valence-electron chi connectivity index (χ0n) is 11.6. The zero-order chi connectivity index (χ0) is 13.8. The van der Waals surface area contributed by atoms with E-state index in [9.17, 15) is 4.79 Å². The molecule has 3 N–H and O–H groups in total. The lowest BCUT2D eigenvalue weighted by molar-refractivity contribution is -0.121. The van der Waals surface area contributed by atoms with Crippen LogP contribution in [-0.4, -0.2) is 28.6 Å². The Hall–Kier alpha value is -1.43. The fourth-order valence-corrected chi connectivity index (χ4v) is 1.84. The van der Waals surface area contributed by atoms with Gasteiger partial charge in [0.1, 0.15) is 0 Å². The first-order chi connectivity index (χ1) is 9.06. The number of amides is 1. The largest absolute Gasteiger partial charge is 0.355 e. The van der Waals surface area contributed by atoms with Gasteiger partial charge in [-0.05, 0) is 18.8 Å². The van der Waals surface area contributed by atoms with Crippen molar-refractivity contribution in [3.63, 3.8) is 0 Å². The summed E-state index contributed by atoms with van der Waals surface area (Å²) in [6.45, 7) is 4.56. The van der Waals surface area contributed by atoms with E-state index >= 15 is 0 Å². The van der Waals surface area contributed by atoms with Crippen molar-refractivity contribution in [3.05, 3.63) is 11.7 Å². The summed E-state index contributed by atoms with van der Waals surface area (Å²) in [4.78, 5) is 15.9. The summed E-state index contributed by atoms with van der Waals surface area (Å²) in [6, 6.07) is 0.0971. The van der Waals surface area contributed by atoms with Crippen molar-refractivity contribution in [3.8, 4) is 0 Å². The molecule has 1 aromatic rings. The van der Waals surface area contributed by atoms with Crippen LogP contribution in [0.5, 0.6) is 0 Å². The predicted molar refractivity (Wildman–Crippen MR) is 70.4 cm³/mol. The van der Waals surface area contributed by atoms with Crippen LogP contribution in [-0.2, 0) is 11.2 Å². The first kappa shape index (κ1) is 14.0. The Balaban J connectivity index is 1.67. The van der Waals surface area contributed by atoms with Crippen molar-refractivity contribution in [2.75, 3.05) is 6.54 Å². The summed E-state index contributed by atoms with van der Waals surface area (Å²) >= 11 is 0. The molecule has 2 rings (SSSR count). The summed E-state index contributed by atoms with van der Waals surface area (Å²) < 4.78 is 5.08. The molecule has 6 nitrogen and oxygen atoms in total. The maximum absolute atomic E-state index is 11.6. The number of carbonyl (C=O) groups is 1. The van der Waals surface area contributed by atoms with Gasteiger partial charge in [0.05, 0.1) is 0 Å².